The monoisotopic (exact) mass is 572 g/mol. The molecule has 2 aromatic rings. The number of nitrogens with one attached hydrogen (secondary N) is 4. The zero-order valence-corrected chi connectivity index (χ0v) is 24.1. The smallest absolute Gasteiger partial charge is 0.408 e. The van der Waals surface area contributed by atoms with Gasteiger partial charge in [-0.3, -0.25) is 14.4 Å². The lowest BCUT2D eigenvalue weighted by Crippen LogP contribution is -2.50. The minimum absolute atomic E-state index is 0.103. The standard InChI is InChI=1S/C33H40N4O5/c1-19(38)34-29(23-11-12-23)31(39)36-27-16-13-24-17-25(14-15-26(24)27)35-32(40)30(28(21-7-8-21)22-9-10-22)37-33(41)42-18-20-5-3-2-4-6-20/h2-6,14-15,17,21-23,27-30H,7-13,16,18H2,1H3,(H,34,38)(H,35,40)(H,36,39)(H,37,41)/t27-,29-,30+/m1/s1. The first-order chi connectivity index (χ1) is 20.4. The van der Waals surface area contributed by atoms with E-state index >= 15 is 0 Å². The number of rotatable bonds is 12. The lowest BCUT2D eigenvalue weighted by Gasteiger charge is -2.27. The quantitative estimate of drug-likeness (QED) is 0.301. The molecule has 3 fully saturated rings. The number of hydrogen-bond donors (Lipinski definition) is 4. The van der Waals surface area contributed by atoms with Gasteiger partial charge in [-0.1, -0.05) is 36.4 Å². The van der Waals surface area contributed by atoms with E-state index in [9.17, 15) is 19.2 Å². The third-order valence-electron chi connectivity index (χ3n) is 9.03. The van der Waals surface area contributed by atoms with E-state index in [1.165, 1.54) is 6.92 Å². The third-order valence-corrected chi connectivity index (χ3v) is 9.03. The molecule has 9 nitrogen and oxygen atoms in total. The van der Waals surface area contributed by atoms with Gasteiger partial charge >= 0.3 is 6.09 Å². The maximum absolute atomic E-state index is 13.7. The molecule has 4 amide bonds. The van der Waals surface area contributed by atoms with E-state index in [2.05, 4.69) is 21.3 Å². The molecule has 0 heterocycles. The Hall–Kier alpha value is -3.88. The number of amides is 4. The van der Waals surface area contributed by atoms with Crippen molar-refractivity contribution < 1.29 is 23.9 Å². The first kappa shape index (κ1) is 28.2. The van der Waals surface area contributed by atoms with Gasteiger partial charge in [0.05, 0.1) is 6.04 Å². The van der Waals surface area contributed by atoms with Crippen LogP contribution in [0.5, 0.6) is 0 Å². The fourth-order valence-electron chi connectivity index (χ4n) is 6.49. The second kappa shape index (κ2) is 12.2. The molecule has 0 unspecified atom stereocenters. The van der Waals surface area contributed by atoms with E-state index in [1.807, 2.05) is 48.5 Å². The molecule has 222 valence electrons. The normalized spacial score (nSPS) is 20.7. The predicted octanol–water partition coefficient (Wildman–Crippen LogP) is 4.37. The third kappa shape index (κ3) is 6.94. The topological polar surface area (TPSA) is 126 Å². The molecule has 0 spiro atoms. The molecule has 3 saturated carbocycles. The van der Waals surface area contributed by atoms with Crippen LogP contribution in [0.4, 0.5) is 10.5 Å². The van der Waals surface area contributed by atoms with Gasteiger partial charge in [-0.05, 0) is 104 Å². The van der Waals surface area contributed by atoms with Crippen molar-refractivity contribution in [3.05, 3.63) is 65.2 Å². The molecule has 4 N–H and O–H groups in total. The molecule has 4 aliphatic carbocycles. The average molecular weight is 573 g/mol. The van der Waals surface area contributed by atoms with Gasteiger partial charge in [0.2, 0.25) is 17.7 Å². The Morgan fingerprint density at radius 3 is 2.17 bits per heavy atom. The fraction of sp³-hybridized carbons (Fsp3) is 0.515. The van der Waals surface area contributed by atoms with Crippen molar-refractivity contribution in [3.63, 3.8) is 0 Å². The van der Waals surface area contributed by atoms with Crippen molar-refractivity contribution in [2.75, 3.05) is 5.32 Å². The van der Waals surface area contributed by atoms with E-state index in [1.54, 1.807) is 0 Å². The highest BCUT2D eigenvalue weighted by atomic mass is 16.5. The molecule has 2 aromatic carbocycles. The van der Waals surface area contributed by atoms with Crippen LogP contribution in [0, 0.1) is 23.7 Å². The summed E-state index contributed by atoms with van der Waals surface area (Å²) < 4.78 is 5.48. The number of fused-ring (bicyclic) bond motifs is 1. The Balaban J connectivity index is 1.10. The van der Waals surface area contributed by atoms with Crippen LogP contribution in [-0.4, -0.2) is 35.9 Å². The van der Waals surface area contributed by atoms with E-state index < -0.39 is 18.2 Å². The van der Waals surface area contributed by atoms with Gasteiger partial charge in [-0.2, -0.15) is 0 Å². The summed E-state index contributed by atoms with van der Waals surface area (Å²) in [6.07, 6.45) is 7.20. The molecule has 0 aliphatic heterocycles. The molecule has 0 bridgehead atoms. The van der Waals surface area contributed by atoms with Crippen molar-refractivity contribution >= 4 is 29.5 Å². The highest BCUT2D eigenvalue weighted by Crippen LogP contribution is 2.51. The van der Waals surface area contributed by atoms with Crippen molar-refractivity contribution in [1.82, 2.24) is 16.0 Å². The number of carbonyl (C=O) groups excluding carboxylic acids is 4. The van der Waals surface area contributed by atoms with E-state index in [0.29, 0.717) is 17.5 Å². The van der Waals surface area contributed by atoms with Crippen LogP contribution in [0.3, 0.4) is 0 Å². The van der Waals surface area contributed by atoms with Crippen LogP contribution in [0.2, 0.25) is 0 Å². The van der Waals surface area contributed by atoms with Crippen LogP contribution >= 0.6 is 0 Å². The van der Waals surface area contributed by atoms with Gasteiger partial charge in [0, 0.05) is 12.6 Å². The highest BCUT2D eigenvalue weighted by molar-refractivity contribution is 5.97. The Labute approximate surface area is 246 Å². The lowest BCUT2D eigenvalue weighted by molar-refractivity contribution is -0.129. The number of anilines is 1. The lowest BCUT2D eigenvalue weighted by atomic mass is 9.88. The molecule has 42 heavy (non-hydrogen) atoms. The maximum Gasteiger partial charge on any atom is 0.408 e. The predicted molar refractivity (Wildman–Crippen MR) is 157 cm³/mol. The molecule has 0 saturated heterocycles. The van der Waals surface area contributed by atoms with Gasteiger partial charge in [-0.15, -0.1) is 0 Å². The summed E-state index contributed by atoms with van der Waals surface area (Å²) in [7, 11) is 0. The summed E-state index contributed by atoms with van der Waals surface area (Å²) in [5.74, 6) is 0.652. The second-order valence-electron chi connectivity index (χ2n) is 12.5. The first-order valence-corrected chi connectivity index (χ1v) is 15.3. The molecular weight excluding hydrogens is 532 g/mol. The maximum atomic E-state index is 13.7. The molecule has 4 aliphatic rings. The van der Waals surface area contributed by atoms with Gasteiger partial charge in [0.25, 0.3) is 0 Å². The zero-order chi connectivity index (χ0) is 29.2. The molecule has 6 rings (SSSR count). The van der Waals surface area contributed by atoms with Crippen molar-refractivity contribution in [1.29, 1.82) is 0 Å². The summed E-state index contributed by atoms with van der Waals surface area (Å²) in [5.41, 5.74) is 3.68. The fourth-order valence-corrected chi connectivity index (χ4v) is 6.49. The number of benzene rings is 2. The number of hydrogen-bond acceptors (Lipinski definition) is 5. The summed E-state index contributed by atoms with van der Waals surface area (Å²) in [6.45, 7) is 1.59. The van der Waals surface area contributed by atoms with Crippen LogP contribution in [-0.2, 0) is 32.1 Å². The van der Waals surface area contributed by atoms with Crippen LogP contribution in [0.25, 0.3) is 0 Å². The highest BCUT2D eigenvalue weighted by Gasteiger charge is 2.48. The Kier molecular flexibility index (Phi) is 8.18. The first-order valence-electron chi connectivity index (χ1n) is 15.3. The summed E-state index contributed by atoms with van der Waals surface area (Å²) in [6, 6.07) is 14.0. The van der Waals surface area contributed by atoms with Crippen molar-refractivity contribution in [2.45, 2.75) is 83.0 Å². The van der Waals surface area contributed by atoms with E-state index in [4.69, 9.17) is 4.74 Å². The Morgan fingerprint density at radius 2 is 1.52 bits per heavy atom. The van der Waals surface area contributed by atoms with Gasteiger partial charge in [0.1, 0.15) is 18.7 Å². The minimum Gasteiger partial charge on any atom is -0.445 e. The average Bonchev–Trinajstić information content (AvgIpc) is 3.83. The molecular formula is C33H40N4O5. The Morgan fingerprint density at radius 1 is 0.833 bits per heavy atom. The van der Waals surface area contributed by atoms with E-state index in [-0.39, 0.29) is 42.2 Å². The van der Waals surface area contributed by atoms with Crippen LogP contribution in [0.15, 0.2) is 48.5 Å². The van der Waals surface area contributed by atoms with Crippen LogP contribution < -0.4 is 21.3 Å². The van der Waals surface area contributed by atoms with Crippen LogP contribution in [0.1, 0.15) is 74.6 Å². The number of aryl methyl sites for hydroxylation is 1. The van der Waals surface area contributed by atoms with E-state index in [0.717, 1.165) is 68.1 Å². The number of alkyl carbamates (subject to hydrolysis) is 1. The summed E-state index contributed by atoms with van der Waals surface area (Å²) in [5, 5.41) is 11.9. The summed E-state index contributed by atoms with van der Waals surface area (Å²) >= 11 is 0. The number of ether oxygens (including phenoxy) is 1. The second-order valence-corrected chi connectivity index (χ2v) is 12.5. The molecule has 0 aromatic heterocycles. The summed E-state index contributed by atoms with van der Waals surface area (Å²) in [4.78, 5) is 51.1. The molecule has 0 radical (unpaired) electrons. The van der Waals surface area contributed by atoms with Gasteiger partial charge in [-0.25, -0.2) is 4.79 Å². The number of carbonyl (C=O) groups is 4. The van der Waals surface area contributed by atoms with Crippen molar-refractivity contribution in [3.8, 4) is 0 Å². The molecule has 9 heteroatoms. The van der Waals surface area contributed by atoms with Gasteiger partial charge < -0.3 is 26.0 Å². The molecule has 3 atom stereocenters. The zero-order valence-electron chi connectivity index (χ0n) is 24.1. The van der Waals surface area contributed by atoms with Crippen molar-refractivity contribution in [2.24, 2.45) is 23.7 Å². The Bertz CT molecular complexity index is 1320. The SMILES string of the molecule is CC(=O)N[C@@H](C(=O)N[C@@H]1CCc2cc(NC(=O)[C@@H](NC(=O)OCc3ccccc3)C(C3CC3)C3CC3)ccc21)C1CC1. The van der Waals surface area contributed by atoms with Gasteiger partial charge in [0.15, 0.2) is 0 Å². The minimum atomic E-state index is -0.665. The largest absolute Gasteiger partial charge is 0.445 e.